The second-order valence-corrected chi connectivity index (χ2v) is 6.60. The highest BCUT2D eigenvalue weighted by Crippen LogP contribution is 2.30. The lowest BCUT2D eigenvalue weighted by Gasteiger charge is -2.24. The minimum atomic E-state index is -5.27. The molecule has 1 saturated heterocycles. The Labute approximate surface area is 115 Å². The molecule has 1 aliphatic heterocycles. The molecule has 1 atom stereocenters. The average Bonchev–Trinajstić information content (AvgIpc) is 2.39. The Hall–Kier alpha value is -1.28. The molecule has 1 aromatic rings. The molecule has 1 aromatic carbocycles. The number of nitrogens with one attached hydrogen (secondary N) is 2. The van der Waals surface area contributed by atoms with E-state index in [0.717, 1.165) is 38.1 Å². The molecule has 1 heterocycles. The molecule has 1 unspecified atom stereocenters. The predicted octanol–water partition coefficient (Wildman–Crippen LogP) is 2.14. The fourth-order valence-corrected chi connectivity index (χ4v) is 2.84. The van der Waals surface area contributed by atoms with E-state index >= 15 is 0 Å². The van der Waals surface area contributed by atoms with Gasteiger partial charge in [0.25, 0.3) is 9.84 Å². The van der Waals surface area contributed by atoms with Gasteiger partial charge in [-0.15, -0.1) is 0 Å². The van der Waals surface area contributed by atoms with Crippen molar-refractivity contribution in [3.63, 3.8) is 0 Å². The number of hydrogen-bond acceptors (Lipinski definition) is 4. The van der Waals surface area contributed by atoms with Gasteiger partial charge in [0.1, 0.15) is 0 Å². The van der Waals surface area contributed by atoms with Crippen LogP contribution in [0.25, 0.3) is 0 Å². The summed E-state index contributed by atoms with van der Waals surface area (Å²) in [5.41, 5.74) is -4.66. The van der Waals surface area contributed by atoms with Crippen LogP contribution < -0.4 is 10.6 Å². The molecule has 4 nitrogen and oxygen atoms in total. The summed E-state index contributed by atoms with van der Waals surface area (Å²) in [5, 5.41) is 6.36. The van der Waals surface area contributed by atoms with Crippen molar-refractivity contribution in [3.05, 3.63) is 24.3 Å². The zero-order chi connectivity index (χ0) is 14.8. The SMILES string of the molecule is O=S(=O)(c1ccc(NC2CCCNC2)cc1)C(F)(F)F. The molecule has 0 aliphatic carbocycles. The smallest absolute Gasteiger partial charge is 0.381 e. The van der Waals surface area contributed by atoms with Crippen LogP contribution in [0.1, 0.15) is 12.8 Å². The fraction of sp³-hybridized carbons (Fsp3) is 0.500. The summed E-state index contributed by atoms with van der Waals surface area (Å²) in [6.45, 7) is 1.74. The van der Waals surface area contributed by atoms with Crippen LogP contribution in [0, 0.1) is 0 Å². The number of hydrogen-bond donors (Lipinski definition) is 2. The van der Waals surface area contributed by atoms with Crippen LogP contribution in [-0.2, 0) is 9.84 Å². The molecule has 0 radical (unpaired) electrons. The van der Waals surface area contributed by atoms with E-state index in [0.29, 0.717) is 5.69 Å². The molecule has 20 heavy (non-hydrogen) atoms. The molecule has 112 valence electrons. The Balaban J connectivity index is 2.10. The number of alkyl halides is 3. The topological polar surface area (TPSA) is 58.2 Å². The highest BCUT2D eigenvalue weighted by atomic mass is 32.2. The normalized spacial score (nSPS) is 20.6. The van der Waals surface area contributed by atoms with Crippen LogP contribution >= 0.6 is 0 Å². The van der Waals surface area contributed by atoms with Crippen LogP contribution in [-0.4, -0.2) is 33.1 Å². The molecule has 0 aromatic heterocycles. The van der Waals surface area contributed by atoms with E-state index in [-0.39, 0.29) is 6.04 Å². The number of piperidine rings is 1. The summed E-state index contributed by atoms with van der Waals surface area (Å²) < 4.78 is 59.5. The highest BCUT2D eigenvalue weighted by Gasteiger charge is 2.46. The molecule has 1 aliphatic rings. The lowest BCUT2D eigenvalue weighted by Crippen LogP contribution is -2.38. The summed E-state index contributed by atoms with van der Waals surface area (Å²) in [7, 11) is -5.27. The van der Waals surface area contributed by atoms with Gasteiger partial charge in [-0.05, 0) is 43.7 Å². The van der Waals surface area contributed by atoms with Gasteiger partial charge < -0.3 is 10.6 Å². The van der Waals surface area contributed by atoms with Crippen molar-refractivity contribution in [1.29, 1.82) is 0 Å². The second kappa shape index (κ2) is 5.61. The molecule has 2 N–H and O–H groups in total. The van der Waals surface area contributed by atoms with Crippen molar-refractivity contribution in [3.8, 4) is 0 Å². The quantitative estimate of drug-likeness (QED) is 0.898. The summed E-state index contributed by atoms with van der Waals surface area (Å²) in [6.07, 6.45) is 1.99. The second-order valence-electron chi connectivity index (χ2n) is 4.66. The van der Waals surface area contributed by atoms with Crippen LogP contribution in [0.15, 0.2) is 29.2 Å². The van der Waals surface area contributed by atoms with Gasteiger partial charge >= 0.3 is 5.51 Å². The standard InChI is InChI=1S/C12H15F3N2O2S/c13-12(14,15)20(18,19)11-5-3-9(4-6-11)17-10-2-1-7-16-8-10/h3-6,10,16-17H,1-2,7-8H2. The van der Waals surface area contributed by atoms with Crippen LogP contribution in [0.5, 0.6) is 0 Å². The maximum absolute atomic E-state index is 12.4. The average molecular weight is 308 g/mol. The van der Waals surface area contributed by atoms with Crippen molar-refractivity contribution in [1.82, 2.24) is 5.32 Å². The van der Waals surface area contributed by atoms with Crippen molar-refractivity contribution < 1.29 is 21.6 Å². The van der Waals surface area contributed by atoms with E-state index in [1.807, 2.05) is 0 Å². The zero-order valence-electron chi connectivity index (χ0n) is 10.6. The van der Waals surface area contributed by atoms with E-state index in [4.69, 9.17) is 0 Å². The van der Waals surface area contributed by atoms with Gasteiger partial charge in [0.15, 0.2) is 0 Å². The summed E-state index contributed by atoms with van der Waals surface area (Å²) in [5.74, 6) is 0. The highest BCUT2D eigenvalue weighted by molar-refractivity contribution is 7.92. The molecule has 1 fully saturated rings. The Kier molecular flexibility index (Phi) is 4.24. The number of halogens is 3. The van der Waals surface area contributed by atoms with Gasteiger partial charge in [-0.25, -0.2) is 8.42 Å². The third-order valence-corrected chi connectivity index (χ3v) is 4.64. The van der Waals surface area contributed by atoms with Crippen LogP contribution in [0.4, 0.5) is 18.9 Å². The number of sulfone groups is 1. The molecule has 8 heteroatoms. The first-order valence-electron chi connectivity index (χ1n) is 6.19. The number of anilines is 1. The molecule has 0 spiro atoms. The Morgan fingerprint density at radius 1 is 1.20 bits per heavy atom. The number of benzene rings is 1. The third kappa shape index (κ3) is 3.24. The number of rotatable bonds is 3. The first kappa shape index (κ1) is 15.1. The molecule has 0 bridgehead atoms. The van der Waals surface area contributed by atoms with Gasteiger partial charge in [0.05, 0.1) is 4.90 Å². The molecule has 0 saturated carbocycles. The van der Waals surface area contributed by atoms with E-state index in [1.54, 1.807) is 0 Å². The fourth-order valence-electron chi connectivity index (χ4n) is 2.07. The summed E-state index contributed by atoms with van der Waals surface area (Å²) in [4.78, 5) is -0.739. The van der Waals surface area contributed by atoms with Crippen molar-refractivity contribution in [2.75, 3.05) is 18.4 Å². The summed E-state index contributed by atoms with van der Waals surface area (Å²) >= 11 is 0. The van der Waals surface area contributed by atoms with Crippen molar-refractivity contribution >= 4 is 15.5 Å². The van der Waals surface area contributed by atoms with E-state index < -0.39 is 20.2 Å². The summed E-state index contributed by atoms with van der Waals surface area (Å²) in [6, 6.07) is 4.86. The zero-order valence-corrected chi connectivity index (χ0v) is 11.4. The Morgan fingerprint density at radius 3 is 2.35 bits per heavy atom. The monoisotopic (exact) mass is 308 g/mol. The van der Waals surface area contributed by atoms with Gasteiger partial charge in [-0.2, -0.15) is 13.2 Å². The minimum absolute atomic E-state index is 0.203. The van der Waals surface area contributed by atoms with E-state index in [2.05, 4.69) is 10.6 Å². The lowest BCUT2D eigenvalue weighted by molar-refractivity contribution is -0.0436. The Bertz CT molecular complexity index is 549. The molecular weight excluding hydrogens is 293 g/mol. The van der Waals surface area contributed by atoms with E-state index in [9.17, 15) is 21.6 Å². The Morgan fingerprint density at radius 2 is 1.85 bits per heavy atom. The third-order valence-electron chi connectivity index (χ3n) is 3.14. The molecule has 0 amide bonds. The van der Waals surface area contributed by atoms with Gasteiger partial charge in [-0.3, -0.25) is 0 Å². The van der Waals surface area contributed by atoms with Crippen LogP contribution in [0.2, 0.25) is 0 Å². The maximum atomic E-state index is 12.4. The van der Waals surface area contributed by atoms with Crippen LogP contribution in [0.3, 0.4) is 0 Å². The van der Waals surface area contributed by atoms with Gasteiger partial charge in [0.2, 0.25) is 0 Å². The first-order valence-corrected chi connectivity index (χ1v) is 7.68. The van der Waals surface area contributed by atoms with Crippen molar-refractivity contribution in [2.24, 2.45) is 0 Å². The molecular formula is C12H15F3N2O2S. The van der Waals surface area contributed by atoms with Gasteiger partial charge in [0, 0.05) is 18.3 Å². The first-order chi connectivity index (χ1) is 9.30. The minimum Gasteiger partial charge on any atom is -0.381 e. The largest absolute Gasteiger partial charge is 0.501 e. The van der Waals surface area contributed by atoms with Crippen molar-refractivity contribution in [2.45, 2.75) is 29.3 Å². The predicted molar refractivity (Wildman–Crippen MR) is 69.2 cm³/mol. The lowest BCUT2D eigenvalue weighted by atomic mass is 10.1. The molecule has 2 rings (SSSR count). The maximum Gasteiger partial charge on any atom is 0.501 e. The van der Waals surface area contributed by atoms with Gasteiger partial charge in [-0.1, -0.05) is 0 Å². The van der Waals surface area contributed by atoms with E-state index in [1.165, 1.54) is 12.1 Å².